The summed E-state index contributed by atoms with van der Waals surface area (Å²) in [6.45, 7) is 0. The Morgan fingerprint density at radius 3 is 2.63 bits per heavy atom. The lowest BCUT2D eigenvalue weighted by Crippen LogP contribution is -1.86. The molecular formula is C21H13N9. The van der Waals surface area contributed by atoms with E-state index < -0.39 is 0 Å². The summed E-state index contributed by atoms with van der Waals surface area (Å²) in [5.41, 5.74) is 6.40. The second-order valence-electron chi connectivity index (χ2n) is 6.70. The molecule has 9 heteroatoms. The number of aromatic amines is 2. The van der Waals surface area contributed by atoms with Crippen molar-refractivity contribution in [1.82, 2.24) is 45.1 Å². The van der Waals surface area contributed by atoms with Gasteiger partial charge in [0.25, 0.3) is 0 Å². The summed E-state index contributed by atoms with van der Waals surface area (Å²) in [4.78, 5) is 29.6. The molecule has 6 aromatic rings. The highest BCUT2D eigenvalue weighted by Crippen LogP contribution is 2.31. The lowest BCUT2D eigenvalue weighted by Gasteiger charge is -2.00. The lowest BCUT2D eigenvalue weighted by atomic mass is 10.1. The van der Waals surface area contributed by atoms with Gasteiger partial charge >= 0.3 is 0 Å². The number of aromatic nitrogens is 9. The van der Waals surface area contributed by atoms with E-state index in [1.807, 2.05) is 24.3 Å². The van der Waals surface area contributed by atoms with Gasteiger partial charge < -0.3 is 4.98 Å². The van der Waals surface area contributed by atoms with Gasteiger partial charge in [-0.05, 0) is 18.2 Å². The summed E-state index contributed by atoms with van der Waals surface area (Å²) in [7, 11) is 0. The van der Waals surface area contributed by atoms with Crippen molar-refractivity contribution in [3.05, 3.63) is 67.8 Å². The molecule has 0 aliphatic carbocycles. The van der Waals surface area contributed by atoms with E-state index in [2.05, 4.69) is 40.1 Å². The third kappa shape index (κ3) is 2.60. The minimum absolute atomic E-state index is 0.629. The number of imidazole rings is 1. The van der Waals surface area contributed by atoms with Crippen LogP contribution in [0.5, 0.6) is 0 Å². The Morgan fingerprint density at radius 2 is 1.77 bits per heavy atom. The molecule has 6 heterocycles. The quantitative estimate of drug-likeness (QED) is 0.474. The van der Waals surface area contributed by atoms with Crippen LogP contribution in [0.2, 0.25) is 0 Å². The second-order valence-corrected chi connectivity index (χ2v) is 6.70. The van der Waals surface area contributed by atoms with Crippen LogP contribution >= 0.6 is 0 Å². The van der Waals surface area contributed by atoms with Crippen molar-refractivity contribution in [3.63, 3.8) is 0 Å². The van der Waals surface area contributed by atoms with Gasteiger partial charge in [-0.1, -0.05) is 6.07 Å². The van der Waals surface area contributed by atoms with Gasteiger partial charge in [0, 0.05) is 47.7 Å². The van der Waals surface area contributed by atoms with Gasteiger partial charge in [-0.15, -0.1) is 0 Å². The molecule has 6 rings (SSSR count). The number of hydrogen-bond donors (Lipinski definition) is 2. The van der Waals surface area contributed by atoms with Crippen LogP contribution in [0, 0.1) is 0 Å². The molecule has 9 nitrogen and oxygen atoms in total. The van der Waals surface area contributed by atoms with Gasteiger partial charge in [-0.2, -0.15) is 5.10 Å². The summed E-state index contributed by atoms with van der Waals surface area (Å²) in [6, 6.07) is 7.76. The lowest BCUT2D eigenvalue weighted by molar-refractivity contribution is 1.09. The van der Waals surface area contributed by atoms with Crippen LogP contribution in [-0.4, -0.2) is 45.1 Å². The smallest absolute Gasteiger partial charge is 0.159 e. The van der Waals surface area contributed by atoms with E-state index in [-0.39, 0.29) is 0 Å². The van der Waals surface area contributed by atoms with Crippen LogP contribution in [0.15, 0.2) is 67.8 Å². The first-order chi connectivity index (χ1) is 14.9. The normalized spacial score (nSPS) is 11.3. The molecular weight excluding hydrogens is 378 g/mol. The van der Waals surface area contributed by atoms with Crippen LogP contribution in [0.1, 0.15) is 0 Å². The highest BCUT2D eigenvalue weighted by molar-refractivity contribution is 5.96. The molecule has 0 fully saturated rings. The first kappa shape index (κ1) is 16.4. The maximum Gasteiger partial charge on any atom is 0.159 e. The predicted molar refractivity (Wildman–Crippen MR) is 111 cm³/mol. The number of pyridine rings is 3. The standard InChI is InChI=1S/C21H13N9/c1-2-4-25-16(3-1)15-9-22-10-17-18(15)28-21(27-17)19-14-5-12(8-26-20(14)30-29-19)13-6-23-11-24-7-13/h1-11H,(H,27,28)(H,26,29,30). The summed E-state index contributed by atoms with van der Waals surface area (Å²) in [6.07, 6.45) is 12.0. The fourth-order valence-electron chi connectivity index (χ4n) is 3.44. The number of rotatable bonds is 3. The van der Waals surface area contributed by atoms with E-state index in [1.165, 1.54) is 6.33 Å². The Morgan fingerprint density at radius 1 is 0.833 bits per heavy atom. The van der Waals surface area contributed by atoms with Crippen molar-refractivity contribution in [1.29, 1.82) is 0 Å². The number of fused-ring (bicyclic) bond motifs is 2. The Balaban J connectivity index is 1.52. The average molecular weight is 391 g/mol. The molecule has 0 aliphatic rings. The Hall–Kier alpha value is -4.53. The van der Waals surface area contributed by atoms with E-state index in [4.69, 9.17) is 4.98 Å². The van der Waals surface area contributed by atoms with Crippen molar-refractivity contribution < 1.29 is 0 Å². The zero-order chi connectivity index (χ0) is 19.9. The van der Waals surface area contributed by atoms with Gasteiger partial charge in [0.05, 0.1) is 22.8 Å². The van der Waals surface area contributed by atoms with Crippen LogP contribution < -0.4 is 0 Å². The Kier molecular flexibility index (Phi) is 3.57. The van der Waals surface area contributed by atoms with Crippen molar-refractivity contribution in [2.45, 2.75) is 0 Å². The molecule has 142 valence electrons. The van der Waals surface area contributed by atoms with Gasteiger partial charge in [0.1, 0.15) is 17.5 Å². The first-order valence-electron chi connectivity index (χ1n) is 9.22. The minimum Gasteiger partial charge on any atom is -0.335 e. The number of hydrogen-bond acceptors (Lipinski definition) is 7. The predicted octanol–water partition coefficient (Wildman–Crippen LogP) is 3.42. The molecule has 0 radical (unpaired) electrons. The van der Waals surface area contributed by atoms with Crippen molar-refractivity contribution >= 4 is 22.1 Å². The maximum absolute atomic E-state index is 4.81. The van der Waals surface area contributed by atoms with Gasteiger partial charge in [-0.3, -0.25) is 15.1 Å². The molecule has 6 aromatic heterocycles. The van der Waals surface area contributed by atoms with E-state index in [0.717, 1.165) is 38.8 Å². The monoisotopic (exact) mass is 391 g/mol. The van der Waals surface area contributed by atoms with E-state index in [1.54, 1.807) is 37.2 Å². The largest absolute Gasteiger partial charge is 0.335 e. The Labute approximate surface area is 169 Å². The highest BCUT2D eigenvalue weighted by atomic mass is 15.2. The summed E-state index contributed by atoms with van der Waals surface area (Å²) >= 11 is 0. The third-order valence-corrected chi connectivity index (χ3v) is 4.87. The molecule has 0 spiro atoms. The fourth-order valence-corrected chi connectivity index (χ4v) is 3.44. The average Bonchev–Trinajstić information content (AvgIpc) is 3.43. The van der Waals surface area contributed by atoms with Crippen LogP contribution in [0.3, 0.4) is 0 Å². The van der Waals surface area contributed by atoms with Gasteiger partial charge in [0.2, 0.25) is 0 Å². The number of H-pyrrole nitrogens is 2. The third-order valence-electron chi connectivity index (χ3n) is 4.87. The SMILES string of the molecule is c1ccc(-c2cncc3[nH]c(-c4n[nH]c5ncc(-c6cncnc6)cc45)nc23)nc1. The van der Waals surface area contributed by atoms with Crippen molar-refractivity contribution in [2.75, 3.05) is 0 Å². The van der Waals surface area contributed by atoms with Gasteiger partial charge in [-0.25, -0.2) is 19.9 Å². The molecule has 0 saturated carbocycles. The summed E-state index contributed by atoms with van der Waals surface area (Å²) in [5, 5.41) is 8.27. The topological polar surface area (TPSA) is 122 Å². The molecule has 0 aromatic carbocycles. The fraction of sp³-hybridized carbons (Fsp3) is 0. The zero-order valence-corrected chi connectivity index (χ0v) is 15.5. The molecule has 0 amide bonds. The van der Waals surface area contributed by atoms with Crippen LogP contribution in [0.4, 0.5) is 0 Å². The van der Waals surface area contributed by atoms with E-state index >= 15 is 0 Å². The van der Waals surface area contributed by atoms with E-state index in [9.17, 15) is 0 Å². The maximum atomic E-state index is 4.81. The zero-order valence-electron chi connectivity index (χ0n) is 15.5. The van der Waals surface area contributed by atoms with E-state index in [0.29, 0.717) is 17.2 Å². The second kappa shape index (κ2) is 6.52. The van der Waals surface area contributed by atoms with Crippen molar-refractivity contribution in [2.24, 2.45) is 0 Å². The molecule has 0 atom stereocenters. The van der Waals surface area contributed by atoms with Crippen LogP contribution in [0.25, 0.3) is 56.0 Å². The summed E-state index contributed by atoms with van der Waals surface area (Å²) in [5.74, 6) is 0.629. The first-order valence-corrected chi connectivity index (χ1v) is 9.22. The van der Waals surface area contributed by atoms with Crippen molar-refractivity contribution in [3.8, 4) is 33.9 Å². The summed E-state index contributed by atoms with van der Waals surface area (Å²) < 4.78 is 0. The molecule has 30 heavy (non-hydrogen) atoms. The van der Waals surface area contributed by atoms with Gasteiger partial charge in [0.15, 0.2) is 11.5 Å². The molecule has 0 saturated heterocycles. The number of nitrogens with one attached hydrogen (secondary N) is 2. The molecule has 0 aliphatic heterocycles. The molecule has 0 bridgehead atoms. The minimum atomic E-state index is 0.629. The van der Waals surface area contributed by atoms with Crippen LogP contribution in [-0.2, 0) is 0 Å². The highest BCUT2D eigenvalue weighted by Gasteiger charge is 2.17. The number of nitrogens with zero attached hydrogens (tertiary/aromatic N) is 7. The Bertz CT molecular complexity index is 1490. The molecule has 2 N–H and O–H groups in total. The molecule has 0 unspecified atom stereocenters.